The van der Waals surface area contributed by atoms with Crippen LogP contribution in [0.25, 0.3) is 11.3 Å². The third-order valence-corrected chi connectivity index (χ3v) is 1.96. The first-order chi connectivity index (χ1) is 7.20. The molecule has 1 aromatic heterocycles. The Kier molecular flexibility index (Phi) is 2.33. The molecule has 1 aromatic carbocycles. The largest absolute Gasteiger partial charge is 0.440 e. The minimum atomic E-state index is -0.376. The Hall–Kier alpha value is -1.97. The van der Waals surface area contributed by atoms with Crippen molar-refractivity contribution in [2.45, 2.75) is 6.92 Å². The smallest absolute Gasteiger partial charge is 0.192 e. The van der Waals surface area contributed by atoms with E-state index in [-0.39, 0.29) is 11.5 Å². The average molecular weight is 205 g/mol. The number of benzene rings is 1. The van der Waals surface area contributed by atoms with Crippen molar-refractivity contribution in [3.8, 4) is 11.3 Å². The van der Waals surface area contributed by atoms with Gasteiger partial charge in [0.15, 0.2) is 17.9 Å². The lowest BCUT2D eigenvalue weighted by molar-refractivity contribution is 0.111. The summed E-state index contributed by atoms with van der Waals surface area (Å²) >= 11 is 0. The monoisotopic (exact) mass is 205 g/mol. The minimum absolute atomic E-state index is 0.193. The first-order valence-electron chi connectivity index (χ1n) is 4.39. The first-order valence-corrected chi connectivity index (χ1v) is 4.39. The van der Waals surface area contributed by atoms with Crippen LogP contribution < -0.4 is 0 Å². The third-order valence-electron chi connectivity index (χ3n) is 1.96. The summed E-state index contributed by atoms with van der Waals surface area (Å²) in [6.07, 6.45) is 0.594. The first kappa shape index (κ1) is 9.58. The van der Waals surface area contributed by atoms with Gasteiger partial charge in [-0.15, -0.1) is 0 Å². The molecule has 1 heterocycles. The molecule has 76 valence electrons. The summed E-state index contributed by atoms with van der Waals surface area (Å²) in [7, 11) is 0. The van der Waals surface area contributed by atoms with Crippen molar-refractivity contribution in [1.29, 1.82) is 0 Å². The Bertz CT molecular complexity index is 505. The minimum Gasteiger partial charge on any atom is -0.440 e. The summed E-state index contributed by atoms with van der Waals surface area (Å²) in [4.78, 5) is 14.6. The van der Waals surface area contributed by atoms with Crippen LogP contribution in [0.2, 0.25) is 0 Å². The summed E-state index contributed by atoms with van der Waals surface area (Å²) in [5, 5.41) is 0. The van der Waals surface area contributed by atoms with Gasteiger partial charge in [0.1, 0.15) is 11.5 Å². The molecule has 0 atom stereocenters. The molecule has 0 aliphatic rings. The zero-order chi connectivity index (χ0) is 10.8. The molecule has 0 unspecified atom stereocenters. The van der Waals surface area contributed by atoms with Crippen molar-refractivity contribution in [2.75, 3.05) is 0 Å². The van der Waals surface area contributed by atoms with Gasteiger partial charge in [0, 0.05) is 12.5 Å². The van der Waals surface area contributed by atoms with Crippen LogP contribution in [-0.4, -0.2) is 11.3 Å². The Morgan fingerprint density at radius 1 is 1.47 bits per heavy atom. The number of aldehydes is 1. The van der Waals surface area contributed by atoms with Crippen LogP contribution in [0.5, 0.6) is 0 Å². The van der Waals surface area contributed by atoms with E-state index >= 15 is 0 Å². The topological polar surface area (TPSA) is 43.1 Å². The lowest BCUT2D eigenvalue weighted by atomic mass is 10.1. The highest BCUT2D eigenvalue weighted by molar-refractivity contribution is 5.82. The van der Waals surface area contributed by atoms with Crippen LogP contribution >= 0.6 is 0 Å². The normalized spacial score (nSPS) is 10.3. The second-order valence-corrected chi connectivity index (χ2v) is 3.08. The van der Waals surface area contributed by atoms with E-state index in [0.29, 0.717) is 23.5 Å². The number of oxazole rings is 1. The molecule has 0 saturated heterocycles. The quantitative estimate of drug-likeness (QED) is 0.708. The summed E-state index contributed by atoms with van der Waals surface area (Å²) in [6, 6.07) is 5.84. The molecule has 0 amide bonds. The Morgan fingerprint density at radius 2 is 2.27 bits per heavy atom. The van der Waals surface area contributed by atoms with E-state index in [0.717, 1.165) is 0 Å². The van der Waals surface area contributed by atoms with Gasteiger partial charge in [0.05, 0.1) is 0 Å². The van der Waals surface area contributed by atoms with Crippen molar-refractivity contribution < 1.29 is 13.6 Å². The van der Waals surface area contributed by atoms with Crippen molar-refractivity contribution >= 4 is 6.29 Å². The highest BCUT2D eigenvalue weighted by Crippen LogP contribution is 2.24. The highest BCUT2D eigenvalue weighted by Gasteiger charge is 2.12. The molecule has 0 fully saturated rings. The summed E-state index contributed by atoms with van der Waals surface area (Å²) in [6.45, 7) is 1.63. The maximum absolute atomic E-state index is 12.9. The Labute approximate surface area is 85.6 Å². The fourth-order valence-corrected chi connectivity index (χ4v) is 1.36. The Balaban J connectivity index is 2.57. The van der Waals surface area contributed by atoms with Crippen LogP contribution in [0.15, 0.2) is 28.7 Å². The standard InChI is InChI=1S/C11H8FNO2/c1-7-13-10(6-14)11(15-7)8-3-2-4-9(12)5-8/h2-6H,1H3. The molecule has 0 aliphatic heterocycles. The molecule has 0 spiro atoms. The lowest BCUT2D eigenvalue weighted by Gasteiger charge is -1.96. The Morgan fingerprint density at radius 3 is 2.93 bits per heavy atom. The van der Waals surface area contributed by atoms with Crippen molar-refractivity contribution in [3.05, 3.63) is 41.7 Å². The van der Waals surface area contributed by atoms with Gasteiger partial charge in [-0.3, -0.25) is 4.79 Å². The number of halogens is 1. The highest BCUT2D eigenvalue weighted by atomic mass is 19.1. The van der Waals surface area contributed by atoms with Gasteiger partial charge < -0.3 is 4.42 Å². The molecule has 3 nitrogen and oxygen atoms in total. The maximum atomic E-state index is 12.9. The number of aryl methyl sites for hydroxylation is 1. The van der Waals surface area contributed by atoms with E-state index < -0.39 is 0 Å². The SMILES string of the molecule is Cc1nc(C=O)c(-c2cccc(F)c2)o1. The number of rotatable bonds is 2. The molecule has 0 bridgehead atoms. The van der Waals surface area contributed by atoms with Crippen LogP contribution in [0.3, 0.4) is 0 Å². The van der Waals surface area contributed by atoms with Gasteiger partial charge in [-0.25, -0.2) is 9.37 Å². The molecule has 2 aromatic rings. The molecule has 0 aliphatic carbocycles. The third kappa shape index (κ3) is 1.79. The number of carbonyl (C=O) groups excluding carboxylic acids is 1. The second-order valence-electron chi connectivity index (χ2n) is 3.08. The molecule has 0 radical (unpaired) electrons. The van der Waals surface area contributed by atoms with Crippen LogP contribution in [0.1, 0.15) is 16.4 Å². The van der Waals surface area contributed by atoms with Gasteiger partial charge in [-0.1, -0.05) is 12.1 Å². The molecule has 2 rings (SSSR count). The molecular weight excluding hydrogens is 197 g/mol. The summed E-state index contributed by atoms with van der Waals surface area (Å²) in [5.74, 6) is 0.316. The van der Waals surface area contributed by atoms with Gasteiger partial charge in [-0.05, 0) is 12.1 Å². The van der Waals surface area contributed by atoms with Gasteiger partial charge in [0.2, 0.25) is 0 Å². The fourth-order valence-electron chi connectivity index (χ4n) is 1.36. The van der Waals surface area contributed by atoms with Gasteiger partial charge in [-0.2, -0.15) is 0 Å². The molecule has 15 heavy (non-hydrogen) atoms. The number of nitrogens with zero attached hydrogens (tertiary/aromatic N) is 1. The molecule has 0 N–H and O–H groups in total. The maximum Gasteiger partial charge on any atom is 0.192 e. The predicted molar refractivity (Wildman–Crippen MR) is 52.0 cm³/mol. The molecular formula is C11H8FNO2. The summed E-state index contributed by atoms with van der Waals surface area (Å²) < 4.78 is 18.2. The lowest BCUT2D eigenvalue weighted by Crippen LogP contribution is -1.85. The number of carbonyl (C=O) groups is 1. The van der Waals surface area contributed by atoms with Crippen LogP contribution in [0.4, 0.5) is 4.39 Å². The van der Waals surface area contributed by atoms with Crippen molar-refractivity contribution in [2.24, 2.45) is 0 Å². The van der Waals surface area contributed by atoms with Crippen molar-refractivity contribution in [3.63, 3.8) is 0 Å². The zero-order valence-corrected chi connectivity index (χ0v) is 8.03. The van der Waals surface area contributed by atoms with Gasteiger partial charge in [0.25, 0.3) is 0 Å². The van der Waals surface area contributed by atoms with Crippen LogP contribution in [-0.2, 0) is 0 Å². The van der Waals surface area contributed by atoms with E-state index in [9.17, 15) is 9.18 Å². The predicted octanol–water partition coefficient (Wildman–Crippen LogP) is 2.60. The van der Waals surface area contributed by atoms with E-state index in [2.05, 4.69) is 4.98 Å². The molecule has 0 saturated carbocycles. The average Bonchev–Trinajstić information content (AvgIpc) is 2.59. The van der Waals surface area contributed by atoms with E-state index in [1.165, 1.54) is 12.1 Å². The molecule has 4 heteroatoms. The number of hydrogen-bond acceptors (Lipinski definition) is 3. The van der Waals surface area contributed by atoms with Crippen molar-refractivity contribution in [1.82, 2.24) is 4.98 Å². The van der Waals surface area contributed by atoms with Gasteiger partial charge >= 0.3 is 0 Å². The van der Waals surface area contributed by atoms with Crippen LogP contribution in [0, 0.1) is 12.7 Å². The fraction of sp³-hybridized carbons (Fsp3) is 0.0909. The second kappa shape index (κ2) is 3.65. The van der Waals surface area contributed by atoms with E-state index in [1.807, 2.05) is 0 Å². The number of aromatic nitrogens is 1. The van der Waals surface area contributed by atoms with E-state index in [1.54, 1.807) is 19.1 Å². The van der Waals surface area contributed by atoms with E-state index in [4.69, 9.17) is 4.42 Å². The summed E-state index contributed by atoms with van der Waals surface area (Å²) in [5.41, 5.74) is 0.704. The number of hydrogen-bond donors (Lipinski definition) is 0. The zero-order valence-electron chi connectivity index (χ0n) is 8.03.